The van der Waals surface area contributed by atoms with Crippen LogP contribution in [0.15, 0.2) is 24.3 Å². The van der Waals surface area contributed by atoms with Gasteiger partial charge in [0.15, 0.2) is 0 Å². The molecule has 7 heteroatoms. The molecule has 1 aliphatic heterocycles. The lowest BCUT2D eigenvalue weighted by atomic mass is 9.93. The zero-order valence-electron chi connectivity index (χ0n) is 12.8. The van der Waals surface area contributed by atoms with Crippen LogP contribution in [0.2, 0.25) is 0 Å². The molecule has 7 nitrogen and oxygen atoms in total. The maximum Gasteiger partial charge on any atom is 0.316 e. The molecular weight excluding hydrogens is 298 g/mol. The number of rotatable bonds is 5. The van der Waals surface area contributed by atoms with Crippen LogP contribution < -0.4 is 11.1 Å². The normalized spacial score (nSPS) is 17.6. The van der Waals surface area contributed by atoms with Gasteiger partial charge in [-0.3, -0.25) is 9.59 Å². The van der Waals surface area contributed by atoms with Gasteiger partial charge < -0.3 is 21.1 Å². The Labute approximate surface area is 134 Å². The van der Waals surface area contributed by atoms with Gasteiger partial charge in [0.25, 0.3) is 5.91 Å². The Bertz CT molecular complexity index is 585. The molecule has 1 atom stereocenters. The van der Waals surface area contributed by atoms with Gasteiger partial charge in [-0.25, -0.2) is 4.79 Å². The molecular formula is C16H21N3O4. The number of carboxylic acid groups (broad SMARTS) is 1. The third kappa shape index (κ3) is 4.98. The summed E-state index contributed by atoms with van der Waals surface area (Å²) in [4.78, 5) is 35.7. The number of amides is 3. The van der Waals surface area contributed by atoms with Crippen molar-refractivity contribution >= 4 is 23.6 Å². The smallest absolute Gasteiger partial charge is 0.316 e. The molecule has 1 aromatic carbocycles. The van der Waals surface area contributed by atoms with Crippen LogP contribution in [0.4, 0.5) is 10.5 Å². The minimum atomic E-state index is -0.800. The number of urea groups is 1. The van der Waals surface area contributed by atoms with Gasteiger partial charge in [0.2, 0.25) is 0 Å². The molecule has 3 amide bonds. The zero-order chi connectivity index (χ0) is 16.8. The maximum atomic E-state index is 12.5. The number of primary amides is 1. The van der Waals surface area contributed by atoms with E-state index >= 15 is 0 Å². The summed E-state index contributed by atoms with van der Waals surface area (Å²) in [5.41, 5.74) is 6.11. The van der Waals surface area contributed by atoms with Crippen LogP contribution in [-0.4, -0.2) is 41.0 Å². The molecule has 0 bridgehead atoms. The molecule has 1 aromatic rings. The monoisotopic (exact) mass is 319 g/mol. The second kappa shape index (κ2) is 7.62. The van der Waals surface area contributed by atoms with Crippen molar-refractivity contribution in [2.45, 2.75) is 25.7 Å². The van der Waals surface area contributed by atoms with Crippen LogP contribution in [-0.2, 0) is 4.79 Å². The van der Waals surface area contributed by atoms with Crippen LogP contribution in [0.25, 0.3) is 0 Å². The van der Waals surface area contributed by atoms with Crippen LogP contribution >= 0.6 is 0 Å². The first kappa shape index (κ1) is 16.8. The predicted octanol–water partition coefficient (Wildman–Crippen LogP) is 1.89. The highest BCUT2D eigenvalue weighted by Crippen LogP contribution is 2.23. The molecule has 0 aliphatic carbocycles. The SMILES string of the molecule is NC(=O)Nc1ccc(C(=O)N2CCC[C@H](CCC(=O)O)C2)cc1. The molecule has 0 saturated carbocycles. The summed E-state index contributed by atoms with van der Waals surface area (Å²) >= 11 is 0. The summed E-state index contributed by atoms with van der Waals surface area (Å²) in [6, 6.07) is 5.90. The van der Waals surface area contributed by atoms with Gasteiger partial charge in [0.05, 0.1) is 0 Å². The van der Waals surface area contributed by atoms with Crippen molar-refractivity contribution in [2.24, 2.45) is 11.7 Å². The fraction of sp³-hybridized carbons (Fsp3) is 0.438. The Kier molecular flexibility index (Phi) is 5.56. The molecule has 0 aromatic heterocycles. The molecule has 23 heavy (non-hydrogen) atoms. The van der Waals surface area contributed by atoms with E-state index in [1.807, 2.05) is 0 Å². The Morgan fingerprint density at radius 2 is 1.96 bits per heavy atom. The second-order valence-electron chi connectivity index (χ2n) is 5.76. The van der Waals surface area contributed by atoms with E-state index in [-0.39, 0.29) is 18.2 Å². The standard InChI is InChI=1S/C16H21N3O4/c17-16(23)18-13-6-4-12(5-7-13)15(22)19-9-1-2-11(10-19)3-8-14(20)21/h4-7,11H,1-3,8-10H2,(H,20,21)(H3,17,18,23)/t11-/m1/s1. The number of hydrogen-bond acceptors (Lipinski definition) is 3. The van der Waals surface area contributed by atoms with Gasteiger partial charge >= 0.3 is 12.0 Å². The van der Waals surface area contributed by atoms with Crippen molar-refractivity contribution in [3.63, 3.8) is 0 Å². The number of carbonyl (C=O) groups is 3. The van der Waals surface area contributed by atoms with Crippen molar-refractivity contribution < 1.29 is 19.5 Å². The average molecular weight is 319 g/mol. The number of aliphatic carboxylic acids is 1. The van der Waals surface area contributed by atoms with E-state index in [4.69, 9.17) is 10.8 Å². The molecule has 1 aliphatic rings. The lowest BCUT2D eigenvalue weighted by molar-refractivity contribution is -0.137. The highest BCUT2D eigenvalue weighted by molar-refractivity contribution is 5.95. The van der Waals surface area contributed by atoms with Crippen molar-refractivity contribution in [3.05, 3.63) is 29.8 Å². The summed E-state index contributed by atoms with van der Waals surface area (Å²) in [6.07, 6.45) is 2.58. The largest absolute Gasteiger partial charge is 0.481 e. The van der Waals surface area contributed by atoms with E-state index in [1.165, 1.54) is 0 Å². The predicted molar refractivity (Wildman–Crippen MR) is 85.1 cm³/mol. The minimum Gasteiger partial charge on any atom is -0.481 e. The number of nitrogens with zero attached hydrogens (tertiary/aromatic N) is 1. The third-order valence-corrected chi connectivity index (χ3v) is 3.97. The van der Waals surface area contributed by atoms with Gasteiger partial charge in [-0.1, -0.05) is 0 Å². The molecule has 0 unspecified atom stereocenters. The average Bonchev–Trinajstić information content (AvgIpc) is 2.53. The Hall–Kier alpha value is -2.57. The van der Waals surface area contributed by atoms with Crippen molar-refractivity contribution in [1.82, 2.24) is 4.90 Å². The number of nitrogens with one attached hydrogen (secondary N) is 1. The molecule has 0 spiro atoms. The van der Waals surface area contributed by atoms with Gasteiger partial charge in [-0.2, -0.15) is 0 Å². The van der Waals surface area contributed by atoms with Gasteiger partial charge in [0.1, 0.15) is 0 Å². The first-order valence-corrected chi connectivity index (χ1v) is 7.63. The maximum absolute atomic E-state index is 12.5. The summed E-state index contributed by atoms with van der Waals surface area (Å²) in [6.45, 7) is 1.27. The molecule has 1 heterocycles. The number of piperidine rings is 1. The molecule has 1 saturated heterocycles. The molecule has 0 radical (unpaired) electrons. The third-order valence-electron chi connectivity index (χ3n) is 3.97. The fourth-order valence-corrected chi connectivity index (χ4v) is 2.83. The number of anilines is 1. The Morgan fingerprint density at radius 3 is 2.57 bits per heavy atom. The minimum absolute atomic E-state index is 0.0735. The van der Waals surface area contributed by atoms with E-state index in [0.29, 0.717) is 30.8 Å². The van der Waals surface area contributed by atoms with E-state index in [0.717, 1.165) is 12.8 Å². The number of carboxylic acids is 1. The number of hydrogen-bond donors (Lipinski definition) is 3. The van der Waals surface area contributed by atoms with Crippen LogP contribution in [0.5, 0.6) is 0 Å². The second-order valence-corrected chi connectivity index (χ2v) is 5.76. The first-order valence-electron chi connectivity index (χ1n) is 7.63. The highest BCUT2D eigenvalue weighted by Gasteiger charge is 2.24. The number of carbonyl (C=O) groups excluding carboxylic acids is 2. The molecule has 124 valence electrons. The van der Waals surface area contributed by atoms with E-state index in [9.17, 15) is 14.4 Å². The topological polar surface area (TPSA) is 113 Å². The van der Waals surface area contributed by atoms with Crippen LogP contribution in [0.3, 0.4) is 0 Å². The van der Waals surface area contributed by atoms with Crippen LogP contribution in [0.1, 0.15) is 36.0 Å². The molecule has 2 rings (SSSR count). The summed E-state index contributed by atoms with van der Waals surface area (Å²) in [7, 11) is 0. The summed E-state index contributed by atoms with van der Waals surface area (Å²) in [5.74, 6) is -0.638. The fourth-order valence-electron chi connectivity index (χ4n) is 2.83. The van der Waals surface area contributed by atoms with Gasteiger partial charge in [0, 0.05) is 30.8 Å². The first-order chi connectivity index (χ1) is 11.0. The van der Waals surface area contributed by atoms with Gasteiger partial charge in [-0.15, -0.1) is 0 Å². The number of benzene rings is 1. The number of nitrogens with two attached hydrogens (primary N) is 1. The van der Waals surface area contributed by atoms with Crippen molar-refractivity contribution in [1.29, 1.82) is 0 Å². The zero-order valence-corrected chi connectivity index (χ0v) is 12.8. The lowest BCUT2D eigenvalue weighted by Crippen LogP contribution is -2.40. The summed E-state index contributed by atoms with van der Waals surface area (Å²) in [5, 5.41) is 11.2. The van der Waals surface area contributed by atoms with E-state index in [2.05, 4.69) is 5.32 Å². The van der Waals surface area contributed by atoms with E-state index < -0.39 is 12.0 Å². The molecule has 1 fully saturated rings. The quantitative estimate of drug-likeness (QED) is 0.769. The van der Waals surface area contributed by atoms with E-state index in [1.54, 1.807) is 29.2 Å². The lowest BCUT2D eigenvalue weighted by Gasteiger charge is -2.32. The Morgan fingerprint density at radius 1 is 1.26 bits per heavy atom. The van der Waals surface area contributed by atoms with Gasteiger partial charge in [-0.05, 0) is 49.4 Å². The van der Waals surface area contributed by atoms with Crippen molar-refractivity contribution in [3.8, 4) is 0 Å². The number of likely N-dealkylation sites (tertiary alicyclic amines) is 1. The summed E-state index contributed by atoms with van der Waals surface area (Å²) < 4.78 is 0. The highest BCUT2D eigenvalue weighted by atomic mass is 16.4. The van der Waals surface area contributed by atoms with Crippen molar-refractivity contribution in [2.75, 3.05) is 18.4 Å². The van der Waals surface area contributed by atoms with Crippen LogP contribution in [0, 0.1) is 5.92 Å². The Balaban J connectivity index is 1.96. The molecule has 4 N–H and O–H groups in total.